The van der Waals surface area contributed by atoms with E-state index in [0.29, 0.717) is 5.82 Å². The van der Waals surface area contributed by atoms with E-state index in [4.69, 9.17) is 9.97 Å². The van der Waals surface area contributed by atoms with Crippen LogP contribution in [0.25, 0.3) is 82.9 Å². The van der Waals surface area contributed by atoms with Crippen LogP contribution in [0.1, 0.15) is 0 Å². The van der Waals surface area contributed by atoms with Crippen molar-refractivity contribution in [1.29, 1.82) is 0 Å². The molecule has 3 heteroatoms. The van der Waals surface area contributed by atoms with E-state index in [1.807, 2.05) is 18.2 Å². The summed E-state index contributed by atoms with van der Waals surface area (Å²) in [4.78, 5) is 10.4. The zero-order valence-electron chi connectivity index (χ0n) is 24.4. The van der Waals surface area contributed by atoms with Crippen LogP contribution < -0.4 is 0 Å². The number of hydrogen-bond donors (Lipinski definition) is 0. The number of benzene rings is 7. The Morgan fingerprint density at radius 3 is 1.80 bits per heavy atom. The average Bonchev–Trinajstić information content (AvgIpc) is 3.46. The molecule has 0 N–H and O–H groups in total. The Morgan fingerprint density at radius 2 is 1.04 bits per heavy atom. The van der Waals surface area contributed by atoms with E-state index >= 15 is 0 Å². The van der Waals surface area contributed by atoms with Gasteiger partial charge in [-0.3, -0.25) is 4.57 Å². The third kappa shape index (κ3) is 4.13. The standard InChI is InChI=1S/C42H27N3/c1-4-14-28(15-5-1)32-26-35(29-16-6-2-7-17-29)40-36(27-32)39-33-21-11-10-18-30(33)24-25-38(39)45(40)42-34-22-12-13-23-37(34)43-41(44-42)31-19-8-3-9-20-31/h1-27H. The topological polar surface area (TPSA) is 30.7 Å². The first-order chi connectivity index (χ1) is 22.3. The molecule has 0 aliphatic heterocycles. The lowest BCUT2D eigenvalue weighted by Crippen LogP contribution is -2.03. The largest absolute Gasteiger partial charge is 0.292 e. The van der Waals surface area contributed by atoms with Gasteiger partial charge in [0.2, 0.25) is 0 Å². The predicted octanol–water partition coefficient (Wildman–Crippen LogP) is 10.9. The van der Waals surface area contributed by atoms with Crippen LogP contribution >= 0.6 is 0 Å². The monoisotopic (exact) mass is 573 g/mol. The van der Waals surface area contributed by atoms with Crippen molar-refractivity contribution in [3.63, 3.8) is 0 Å². The molecule has 0 atom stereocenters. The summed E-state index contributed by atoms with van der Waals surface area (Å²) in [6.45, 7) is 0. The molecule has 210 valence electrons. The van der Waals surface area contributed by atoms with E-state index in [0.717, 1.165) is 44.4 Å². The summed E-state index contributed by atoms with van der Waals surface area (Å²) in [6.07, 6.45) is 0. The first-order valence-electron chi connectivity index (χ1n) is 15.3. The van der Waals surface area contributed by atoms with Crippen molar-refractivity contribution in [3.8, 4) is 39.5 Å². The molecule has 0 amide bonds. The molecule has 9 rings (SSSR count). The molecule has 0 spiro atoms. The van der Waals surface area contributed by atoms with Crippen molar-refractivity contribution in [2.75, 3.05) is 0 Å². The number of para-hydroxylation sites is 1. The summed E-state index contributed by atoms with van der Waals surface area (Å²) in [5.74, 6) is 1.58. The highest BCUT2D eigenvalue weighted by Gasteiger charge is 2.22. The number of nitrogens with zero attached hydrogens (tertiary/aromatic N) is 3. The van der Waals surface area contributed by atoms with Gasteiger partial charge in [-0.15, -0.1) is 0 Å². The Morgan fingerprint density at radius 1 is 0.422 bits per heavy atom. The van der Waals surface area contributed by atoms with Crippen molar-refractivity contribution < 1.29 is 0 Å². The summed E-state index contributed by atoms with van der Waals surface area (Å²) < 4.78 is 2.38. The molecule has 0 unspecified atom stereocenters. The van der Waals surface area contributed by atoms with E-state index in [-0.39, 0.29) is 0 Å². The first-order valence-corrected chi connectivity index (χ1v) is 15.3. The van der Waals surface area contributed by atoms with Crippen LogP contribution in [0.2, 0.25) is 0 Å². The summed E-state index contributed by atoms with van der Waals surface area (Å²) in [5.41, 5.74) is 8.86. The van der Waals surface area contributed by atoms with Crippen LogP contribution in [0.4, 0.5) is 0 Å². The van der Waals surface area contributed by atoms with E-state index in [9.17, 15) is 0 Å². The smallest absolute Gasteiger partial charge is 0.162 e. The second kappa shape index (κ2) is 10.3. The van der Waals surface area contributed by atoms with Crippen molar-refractivity contribution in [2.45, 2.75) is 0 Å². The maximum atomic E-state index is 5.36. The summed E-state index contributed by atoms with van der Waals surface area (Å²) in [5, 5.41) is 5.88. The van der Waals surface area contributed by atoms with Crippen LogP contribution in [-0.4, -0.2) is 14.5 Å². The third-order valence-corrected chi connectivity index (χ3v) is 8.77. The Labute approximate surface area is 260 Å². The lowest BCUT2D eigenvalue weighted by Gasteiger charge is -2.15. The van der Waals surface area contributed by atoms with Gasteiger partial charge in [-0.1, -0.05) is 133 Å². The van der Waals surface area contributed by atoms with Crippen molar-refractivity contribution in [3.05, 3.63) is 164 Å². The Kier molecular flexibility index (Phi) is 5.82. The minimum Gasteiger partial charge on any atom is -0.292 e. The van der Waals surface area contributed by atoms with Crippen LogP contribution in [0.5, 0.6) is 0 Å². The molecule has 3 nitrogen and oxygen atoms in total. The van der Waals surface area contributed by atoms with Gasteiger partial charge in [0.1, 0.15) is 5.82 Å². The highest BCUT2D eigenvalue weighted by molar-refractivity contribution is 6.24. The van der Waals surface area contributed by atoms with Gasteiger partial charge >= 0.3 is 0 Å². The van der Waals surface area contributed by atoms with Crippen LogP contribution in [-0.2, 0) is 0 Å². The van der Waals surface area contributed by atoms with Gasteiger partial charge in [0.05, 0.1) is 16.6 Å². The second-order valence-corrected chi connectivity index (χ2v) is 11.4. The third-order valence-electron chi connectivity index (χ3n) is 8.77. The molecule has 0 saturated heterocycles. The fraction of sp³-hybridized carbons (Fsp3) is 0. The molecule has 0 aliphatic rings. The van der Waals surface area contributed by atoms with E-state index in [2.05, 4.69) is 150 Å². The van der Waals surface area contributed by atoms with E-state index in [1.165, 1.54) is 32.7 Å². The number of rotatable bonds is 4. The summed E-state index contributed by atoms with van der Waals surface area (Å²) in [6, 6.07) is 57.9. The summed E-state index contributed by atoms with van der Waals surface area (Å²) >= 11 is 0. The Bertz CT molecular complexity index is 2510. The highest BCUT2D eigenvalue weighted by atomic mass is 15.1. The van der Waals surface area contributed by atoms with Crippen LogP contribution in [0.3, 0.4) is 0 Å². The highest BCUT2D eigenvalue weighted by Crippen LogP contribution is 2.44. The molecule has 45 heavy (non-hydrogen) atoms. The molecular formula is C42H27N3. The molecule has 0 bridgehead atoms. The average molecular weight is 574 g/mol. The number of aromatic nitrogens is 3. The van der Waals surface area contributed by atoms with Gasteiger partial charge in [0.25, 0.3) is 0 Å². The molecule has 7 aromatic carbocycles. The molecule has 0 radical (unpaired) electrons. The van der Waals surface area contributed by atoms with Crippen molar-refractivity contribution >= 4 is 43.5 Å². The Balaban J connectivity index is 1.51. The minimum atomic E-state index is 0.710. The van der Waals surface area contributed by atoms with Gasteiger partial charge < -0.3 is 0 Å². The quantitative estimate of drug-likeness (QED) is 0.210. The summed E-state index contributed by atoms with van der Waals surface area (Å²) in [7, 11) is 0. The van der Waals surface area contributed by atoms with Crippen molar-refractivity contribution in [2.24, 2.45) is 0 Å². The fourth-order valence-electron chi connectivity index (χ4n) is 6.72. The van der Waals surface area contributed by atoms with E-state index < -0.39 is 0 Å². The predicted molar refractivity (Wildman–Crippen MR) is 188 cm³/mol. The lowest BCUT2D eigenvalue weighted by molar-refractivity contribution is 1.08. The number of hydrogen-bond acceptors (Lipinski definition) is 2. The molecule has 2 heterocycles. The number of fused-ring (bicyclic) bond motifs is 6. The SMILES string of the molecule is c1ccc(-c2cc(-c3ccccc3)c3c(c2)c2c4ccccc4ccc2n3-c2nc(-c3ccccc3)nc3ccccc23)cc1. The van der Waals surface area contributed by atoms with Crippen LogP contribution in [0, 0.1) is 0 Å². The second-order valence-electron chi connectivity index (χ2n) is 11.4. The van der Waals surface area contributed by atoms with Gasteiger partial charge in [-0.2, -0.15) is 0 Å². The maximum absolute atomic E-state index is 5.36. The zero-order valence-corrected chi connectivity index (χ0v) is 24.4. The molecule has 0 fully saturated rings. The maximum Gasteiger partial charge on any atom is 0.162 e. The zero-order chi connectivity index (χ0) is 29.7. The van der Waals surface area contributed by atoms with E-state index in [1.54, 1.807) is 0 Å². The van der Waals surface area contributed by atoms with Gasteiger partial charge in [-0.25, -0.2) is 9.97 Å². The molecule has 2 aromatic heterocycles. The minimum absolute atomic E-state index is 0.710. The fourth-order valence-corrected chi connectivity index (χ4v) is 6.72. The lowest BCUT2D eigenvalue weighted by atomic mass is 9.94. The van der Waals surface area contributed by atoms with Gasteiger partial charge in [-0.05, 0) is 57.8 Å². The molecular weight excluding hydrogens is 546 g/mol. The van der Waals surface area contributed by atoms with Crippen molar-refractivity contribution in [1.82, 2.24) is 14.5 Å². The van der Waals surface area contributed by atoms with Gasteiger partial charge in [0.15, 0.2) is 5.82 Å². The molecule has 0 saturated carbocycles. The van der Waals surface area contributed by atoms with Gasteiger partial charge in [0, 0.05) is 27.3 Å². The Hall–Kier alpha value is -6.06. The normalized spacial score (nSPS) is 11.6. The van der Waals surface area contributed by atoms with Crippen LogP contribution in [0.15, 0.2) is 164 Å². The molecule has 9 aromatic rings. The first kappa shape index (κ1) is 25.4. The molecule has 0 aliphatic carbocycles.